The number of benzene rings is 2. The lowest BCUT2D eigenvalue weighted by atomic mass is 10.2. The highest BCUT2D eigenvalue weighted by Crippen LogP contribution is 2.06. The Hall–Kier alpha value is -1.91. The normalized spacial score (nSPS) is 11.1. The smallest absolute Gasteiger partial charge is 0.338 e. The average molecular weight is 300 g/mol. The predicted molar refractivity (Wildman–Crippen MR) is 86.2 cm³/mol. The minimum Gasteiger partial charge on any atom is -0.460 e. The number of hydrogen-bond donors (Lipinski definition) is 0. The van der Waals surface area contributed by atoms with Crippen molar-refractivity contribution in [3.8, 4) is 0 Å². The Kier molecular flexibility index (Phi) is 5.30. The van der Waals surface area contributed by atoms with Gasteiger partial charge in [0.15, 0.2) is 0 Å². The van der Waals surface area contributed by atoms with E-state index in [-0.39, 0.29) is 12.6 Å². The van der Waals surface area contributed by atoms with Gasteiger partial charge in [0.2, 0.25) is 8.32 Å². The molecule has 0 N–H and O–H groups in total. The molecule has 3 nitrogen and oxygen atoms in total. The van der Waals surface area contributed by atoms with E-state index in [9.17, 15) is 4.79 Å². The Morgan fingerprint density at radius 3 is 2.10 bits per heavy atom. The topological polar surface area (TPSA) is 35.5 Å². The van der Waals surface area contributed by atoms with Crippen LogP contribution in [0, 0.1) is 0 Å². The fraction of sp³-hybridized carbons (Fsp3) is 0.235. The first-order valence-corrected chi connectivity index (χ1v) is 9.92. The zero-order valence-electron chi connectivity index (χ0n) is 12.4. The number of carbonyl (C=O) groups excluding carboxylic acids is 1. The number of ether oxygens (including phenoxy) is 1. The van der Waals surface area contributed by atoms with Crippen LogP contribution in [0.5, 0.6) is 0 Å². The molecule has 0 unspecified atom stereocenters. The van der Waals surface area contributed by atoms with Gasteiger partial charge in [-0.15, -0.1) is 0 Å². The van der Waals surface area contributed by atoms with Crippen LogP contribution in [0.25, 0.3) is 0 Å². The lowest BCUT2D eigenvalue weighted by Gasteiger charge is -2.23. The molecule has 0 radical (unpaired) electrons. The molecule has 0 bridgehead atoms. The first-order valence-electron chi connectivity index (χ1n) is 7.01. The van der Waals surface area contributed by atoms with Gasteiger partial charge in [-0.3, -0.25) is 0 Å². The van der Waals surface area contributed by atoms with Crippen molar-refractivity contribution >= 4 is 19.5 Å². The fourth-order valence-electron chi connectivity index (χ4n) is 2.01. The Balaban J connectivity index is 1.78. The first-order chi connectivity index (χ1) is 10.1. The van der Waals surface area contributed by atoms with Gasteiger partial charge >= 0.3 is 5.97 Å². The largest absolute Gasteiger partial charge is 0.460 e. The van der Waals surface area contributed by atoms with Crippen LogP contribution in [0.1, 0.15) is 10.4 Å². The van der Waals surface area contributed by atoms with Gasteiger partial charge in [-0.1, -0.05) is 48.5 Å². The Bertz CT molecular complexity index is 567. The summed E-state index contributed by atoms with van der Waals surface area (Å²) < 4.78 is 11.2. The van der Waals surface area contributed by atoms with Crippen molar-refractivity contribution in [3.63, 3.8) is 0 Å². The maximum absolute atomic E-state index is 11.8. The zero-order chi connectivity index (χ0) is 15.1. The highest BCUT2D eigenvalue weighted by Gasteiger charge is 2.24. The van der Waals surface area contributed by atoms with Gasteiger partial charge < -0.3 is 9.16 Å². The predicted octanol–water partition coefficient (Wildman–Crippen LogP) is 2.97. The van der Waals surface area contributed by atoms with Crippen LogP contribution in [-0.2, 0) is 9.16 Å². The maximum Gasteiger partial charge on any atom is 0.338 e. The van der Waals surface area contributed by atoms with Crippen LogP contribution in [-0.4, -0.2) is 27.5 Å². The van der Waals surface area contributed by atoms with Crippen molar-refractivity contribution < 1.29 is 14.0 Å². The van der Waals surface area contributed by atoms with E-state index in [1.807, 2.05) is 36.4 Å². The van der Waals surface area contributed by atoms with Crippen LogP contribution >= 0.6 is 0 Å². The highest BCUT2D eigenvalue weighted by molar-refractivity contribution is 6.84. The summed E-state index contributed by atoms with van der Waals surface area (Å²) in [4.78, 5) is 11.8. The second-order valence-electron chi connectivity index (χ2n) is 5.23. The maximum atomic E-state index is 11.8. The third kappa shape index (κ3) is 4.55. The third-order valence-electron chi connectivity index (χ3n) is 3.26. The molecule has 0 aliphatic rings. The Labute approximate surface area is 126 Å². The number of esters is 1. The average Bonchev–Trinajstić information content (AvgIpc) is 2.53. The number of rotatable bonds is 6. The summed E-state index contributed by atoms with van der Waals surface area (Å²) in [7, 11) is -1.92. The summed E-state index contributed by atoms with van der Waals surface area (Å²) >= 11 is 0. The van der Waals surface area contributed by atoms with E-state index in [2.05, 4.69) is 25.2 Å². The molecule has 4 heteroatoms. The Morgan fingerprint density at radius 2 is 1.48 bits per heavy atom. The third-order valence-corrected chi connectivity index (χ3v) is 5.91. The molecular formula is C17H20O3Si. The van der Waals surface area contributed by atoms with Gasteiger partial charge in [-0.25, -0.2) is 4.79 Å². The molecule has 0 aliphatic carbocycles. The van der Waals surface area contributed by atoms with Gasteiger partial charge in [0, 0.05) is 0 Å². The summed E-state index contributed by atoms with van der Waals surface area (Å²) in [6, 6.07) is 19.2. The lowest BCUT2D eigenvalue weighted by Crippen LogP contribution is -2.45. The minimum absolute atomic E-state index is 0.275. The van der Waals surface area contributed by atoms with E-state index in [4.69, 9.17) is 9.16 Å². The van der Waals surface area contributed by atoms with Gasteiger partial charge in [0.25, 0.3) is 0 Å². The van der Waals surface area contributed by atoms with Crippen molar-refractivity contribution in [2.75, 3.05) is 13.2 Å². The molecule has 0 fully saturated rings. The van der Waals surface area contributed by atoms with Gasteiger partial charge in [-0.2, -0.15) is 0 Å². The van der Waals surface area contributed by atoms with E-state index in [0.29, 0.717) is 12.2 Å². The van der Waals surface area contributed by atoms with Crippen molar-refractivity contribution in [2.45, 2.75) is 13.1 Å². The second kappa shape index (κ2) is 7.20. The molecule has 0 atom stereocenters. The lowest BCUT2D eigenvalue weighted by molar-refractivity contribution is 0.0446. The van der Waals surface area contributed by atoms with E-state index >= 15 is 0 Å². The van der Waals surface area contributed by atoms with Crippen LogP contribution < -0.4 is 5.19 Å². The molecule has 0 aliphatic heterocycles. The van der Waals surface area contributed by atoms with Gasteiger partial charge in [0.1, 0.15) is 6.61 Å². The molecule has 2 aromatic carbocycles. The first kappa shape index (κ1) is 15.5. The molecule has 0 heterocycles. The summed E-state index contributed by atoms with van der Waals surface area (Å²) in [5.41, 5.74) is 0.567. The molecule has 21 heavy (non-hydrogen) atoms. The summed E-state index contributed by atoms with van der Waals surface area (Å²) in [5.74, 6) is -0.307. The zero-order valence-corrected chi connectivity index (χ0v) is 13.4. The number of hydrogen-bond acceptors (Lipinski definition) is 3. The van der Waals surface area contributed by atoms with Crippen molar-refractivity contribution in [3.05, 3.63) is 66.2 Å². The van der Waals surface area contributed by atoms with Crippen LogP contribution in [0.15, 0.2) is 60.7 Å². The van der Waals surface area contributed by atoms with E-state index < -0.39 is 8.32 Å². The van der Waals surface area contributed by atoms with E-state index in [1.54, 1.807) is 12.1 Å². The molecule has 2 aromatic rings. The standard InChI is InChI=1S/C17H20O3Si/c1-21(2,16-11-7-4-8-12-16)20-14-13-19-17(18)15-9-5-3-6-10-15/h3-12H,13-14H2,1-2H3. The molecule has 110 valence electrons. The van der Waals surface area contributed by atoms with E-state index in [1.165, 1.54) is 5.19 Å². The summed E-state index contributed by atoms with van der Waals surface area (Å²) in [6.07, 6.45) is 0. The molecule has 0 spiro atoms. The molecule has 0 saturated heterocycles. The Morgan fingerprint density at radius 1 is 0.905 bits per heavy atom. The van der Waals surface area contributed by atoms with Crippen LogP contribution in [0.2, 0.25) is 13.1 Å². The summed E-state index contributed by atoms with van der Waals surface area (Å²) in [6.45, 7) is 4.98. The van der Waals surface area contributed by atoms with Gasteiger partial charge in [-0.05, 0) is 30.4 Å². The quantitative estimate of drug-likeness (QED) is 0.467. The molecular weight excluding hydrogens is 280 g/mol. The molecule has 0 saturated carbocycles. The fourth-order valence-corrected chi connectivity index (χ4v) is 3.77. The molecule has 0 amide bonds. The molecule has 0 aromatic heterocycles. The second-order valence-corrected chi connectivity index (χ2v) is 9.11. The van der Waals surface area contributed by atoms with Crippen molar-refractivity contribution in [1.29, 1.82) is 0 Å². The van der Waals surface area contributed by atoms with Crippen LogP contribution in [0.3, 0.4) is 0 Å². The van der Waals surface area contributed by atoms with E-state index in [0.717, 1.165) is 0 Å². The van der Waals surface area contributed by atoms with Crippen LogP contribution in [0.4, 0.5) is 0 Å². The van der Waals surface area contributed by atoms with Gasteiger partial charge in [0.05, 0.1) is 12.2 Å². The molecule has 2 rings (SSSR count). The SMILES string of the molecule is C[Si](C)(OCCOC(=O)c1ccccc1)c1ccccc1. The summed E-state index contributed by atoms with van der Waals surface area (Å²) in [5, 5.41) is 1.24. The number of carbonyl (C=O) groups is 1. The monoisotopic (exact) mass is 300 g/mol. The van der Waals surface area contributed by atoms with Crippen molar-refractivity contribution in [2.24, 2.45) is 0 Å². The minimum atomic E-state index is -1.92. The van der Waals surface area contributed by atoms with Crippen molar-refractivity contribution in [1.82, 2.24) is 0 Å². The highest BCUT2D eigenvalue weighted by atomic mass is 28.4.